The van der Waals surface area contributed by atoms with Crippen LogP contribution in [0.3, 0.4) is 0 Å². The number of thiol groups is 1. The van der Waals surface area contributed by atoms with Gasteiger partial charge in [0.15, 0.2) is 5.57 Å². The lowest BCUT2D eigenvalue weighted by Gasteiger charge is -2.03. The van der Waals surface area contributed by atoms with Gasteiger partial charge in [-0.1, -0.05) is 34.7 Å². The Balaban J connectivity index is 2.54. The first-order chi connectivity index (χ1) is 9.97. The minimum atomic E-state index is -0.705. The number of nitrogens with zero attached hydrogens (tertiary/aromatic N) is 1. The SMILES string of the molecule is COC(=O)/C(C#N)=C(/S)c1ccc2cc(C(C)I)oc2c1. The first kappa shape index (κ1) is 15.9. The van der Waals surface area contributed by atoms with Crippen molar-refractivity contribution in [2.75, 3.05) is 7.11 Å². The summed E-state index contributed by atoms with van der Waals surface area (Å²) < 4.78 is 10.6. The number of alkyl halides is 1. The number of benzene rings is 1. The van der Waals surface area contributed by atoms with Gasteiger partial charge in [-0.15, -0.1) is 12.6 Å². The fourth-order valence-corrected chi connectivity index (χ4v) is 2.42. The lowest BCUT2D eigenvalue weighted by Crippen LogP contribution is -2.04. The lowest BCUT2D eigenvalue weighted by molar-refractivity contribution is -0.135. The number of rotatable bonds is 3. The molecular formula is C15H12INO3S. The van der Waals surface area contributed by atoms with Crippen molar-refractivity contribution in [3.63, 3.8) is 0 Å². The second-order valence-corrected chi connectivity index (χ2v) is 6.66. The summed E-state index contributed by atoms with van der Waals surface area (Å²) in [6.07, 6.45) is 0. The number of carbonyl (C=O) groups excluding carboxylic acids is 1. The van der Waals surface area contributed by atoms with Crippen molar-refractivity contribution in [3.8, 4) is 6.07 Å². The number of carbonyl (C=O) groups is 1. The maximum absolute atomic E-state index is 11.5. The molecule has 6 heteroatoms. The van der Waals surface area contributed by atoms with Crippen LogP contribution in [0, 0.1) is 11.3 Å². The highest BCUT2D eigenvalue weighted by Crippen LogP contribution is 2.32. The van der Waals surface area contributed by atoms with Gasteiger partial charge >= 0.3 is 5.97 Å². The van der Waals surface area contributed by atoms with E-state index >= 15 is 0 Å². The molecule has 1 unspecified atom stereocenters. The fourth-order valence-electron chi connectivity index (χ4n) is 1.84. The molecule has 2 rings (SSSR count). The number of ether oxygens (including phenoxy) is 1. The second kappa shape index (κ2) is 6.54. The molecule has 0 spiro atoms. The molecule has 0 saturated heterocycles. The number of nitriles is 1. The minimum Gasteiger partial charge on any atom is -0.465 e. The lowest BCUT2D eigenvalue weighted by atomic mass is 10.1. The molecule has 108 valence electrons. The molecule has 0 saturated carbocycles. The standard InChI is InChI=1S/C15H12INO3S/c1-8(16)12-5-9-3-4-10(6-13(9)20-12)14(21)11(7-17)15(18)19-2/h3-6,8,21H,1-2H3/b14-11+. The van der Waals surface area contributed by atoms with Gasteiger partial charge in [0.25, 0.3) is 0 Å². The third-order valence-electron chi connectivity index (χ3n) is 2.94. The largest absolute Gasteiger partial charge is 0.465 e. The van der Waals surface area contributed by atoms with Crippen LogP contribution in [-0.2, 0) is 9.53 Å². The van der Waals surface area contributed by atoms with E-state index in [0.717, 1.165) is 11.1 Å². The monoisotopic (exact) mass is 413 g/mol. The second-order valence-electron chi connectivity index (χ2n) is 4.34. The highest BCUT2D eigenvalue weighted by Gasteiger charge is 2.16. The smallest absolute Gasteiger partial charge is 0.349 e. The average molecular weight is 413 g/mol. The fraction of sp³-hybridized carbons (Fsp3) is 0.200. The van der Waals surface area contributed by atoms with E-state index in [1.807, 2.05) is 25.1 Å². The summed E-state index contributed by atoms with van der Waals surface area (Å²) in [6, 6.07) is 9.23. The topological polar surface area (TPSA) is 63.2 Å². The molecule has 1 aromatic heterocycles. The molecular weight excluding hydrogens is 401 g/mol. The molecule has 0 aliphatic carbocycles. The molecule has 0 radical (unpaired) electrons. The maximum Gasteiger partial charge on any atom is 0.349 e. The Kier molecular flexibility index (Phi) is 4.96. The van der Waals surface area contributed by atoms with Crippen molar-refractivity contribution >= 4 is 57.1 Å². The normalized spacial score (nSPS) is 13.5. The predicted octanol–water partition coefficient (Wildman–Crippen LogP) is 4.27. The van der Waals surface area contributed by atoms with Gasteiger partial charge < -0.3 is 9.15 Å². The van der Waals surface area contributed by atoms with Crippen molar-refractivity contribution in [2.24, 2.45) is 0 Å². The van der Waals surface area contributed by atoms with Crippen LogP contribution < -0.4 is 0 Å². The molecule has 0 bridgehead atoms. The molecule has 4 nitrogen and oxygen atoms in total. The van der Waals surface area contributed by atoms with E-state index in [4.69, 9.17) is 9.68 Å². The number of methoxy groups -OCH3 is 1. The van der Waals surface area contributed by atoms with Crippen LogP contribution in [-0.4, -0.2) is 13.1 Å². The number of fused-ring (bicyclic) bond motifs is 1. The van der Waals surface area contributed by atoms with E-state index in [9.17, 15) is 4.79 Å². The summed E-state index contributed by atoms with van der Waals surface area (Å²) in [6.45, 7) is 2.04. The van der Waals surface area contributed by atoms with Gasteiger partial charge in [0.1, 0.15) is 17.4 Å². The predicted molar refractivity (Wildman–Crippen MR) is 92.2 cm³/mol. The van der Waals surface area contributed by atoms with Gasteiger partial charge in [-0.05, 0) is 24.6 Å². The van der Waals surface area contributed by atoms with Crippen LogP contribution in [0.2, 0.25) is 0 Å². The van der Waals surface area contributed by atoms with Gasteiger partial charge in [-0.2, -0.15) is 5.26 Å². The van der Waals surface area contributed by atoms with Gasteiger partial charge in [0, 0.05) is 10.3 Å². The number of halogens is 1. The van der Waals surface area contributed by atoms with Gasteiger partial charge in [-0.25, -0.2) is 4.79 Å². The molecule has 2 aromatic rings. The van der Waals surface area contributed by atoms with Crippen LogP contribution in [0.25, 0.3) is 15.9 Å². The van der Waals surface area contributed by atoms with Gasteiger partial charge in [-0.3, -0.25) is 0 Å². The van der Waals surface area contributed by atoms with Crippen molar-refractivity contribution in [1.82, 2.24) is 0 Å². The Morgan fingerprint density at radius 2 is 2.19 bits per heavy atom. The summed E-state index contributed by atoms with van der Waals surface area (Å²) in [7, 11) is 1.23. The summed E-state index contributed by atoms with van der Waals surface area (Å²) in [4.78, 5) is 11.8. The Morgan fingerprint density at radius 1 is 1.48 bits per heavy atom. The summed E-state index contributed by atoms with van der Waals surface area (Å²) in [5, 5.41) is 10.0. The van der Waals surface area contributed by atoms with Crippen LogP contribution in [0.15, 0.2) is 34.3 Å². The molecule has 1 aromatic carbocycles. The number of furan rings is 1. The first-order valence-corrected chi connectivity index (χ1v) is 7.76. The summed E-state index contributed by atoms with van der Waals surface area (Å²) in [5.41, 5.74) is 1.20. The van der Waals surface area contributed by atoms with Crippen LogP contribution >= 0.6 is 35.2 Å². The summed E-state index contributed by atoms with van der Waals surface area (Å²) in [5.74, 6) is 0.171. The van der Waals surface area contributed by atoms with Gasteiger partial charge in [0.2, 0.25) is 0 Å². The first-order valence-electron chi connectivity index (χ1n) is 6.07. The average Bonchev–Trinajstić information content (AvgIpc) is 2.90. The zero-order chi connectivity index (χ0) is 15.6. The van der Waals surface area contributed by atoms with E-state index in [2.05, 4.69) is 40.0 Å². The van der Waals surface area contributed by atoms with Crippen molar-refractivity contribution < 1.29 is 13.9 Å². The number of hydrogen-bond acceptors (Lipinski definition) is 5. The molecule has 1 atom stereocenters. The maximum atomic E-state index is 11.5. The Hall–Kier alpha value is -1.46. The van der Waals surface area contributed by atoms with Crippen LogP contribution in [0.1, 0.15) is 22.2 Å². The third-order valence-corrected chi connectivity index (χ3v) is 4.04. The number of esters is 1. The molecule has 21 heavy (non-hydrogen) atoms. The van der Waals surface area contributed by atoms with Crippen molar-refractivity contribution in [3.05, 3.63) is 41.2 Å². The molecule has 0 N–H and O–H groups in total. The minimum absolute atomic E-state index is 0.130. The van der Waals surface area contributed by atoms with E-state index in [1.54, 1.807) is 12.1 Å². The third kappa shape index (κ3) is 3.24. The van der Waals surface area contributed by atoms with Gasteiger partial charge in [0.05, 0.1) is 11.0 Å². The Bertz CT molecular complexity index is 771. The van der Waals surface area contributed by atoms with E-state index in [-0.39, 0.29) is 14.4 Å². The van der Waals surface area contributed by atoms with E-state index in [0.29, 0.717) is 11.1 Å². The Labute approximate surface area is 141 Å². The van der Waals surface area contributed by atoms with Crippen LogP contribution in [0.4, 0.5) is 0 Å². The number of hydrogen-bond donors (Lipinski definition) is 1. The molecule has 0 aliphatic heterocycles. The van der Waals surface area contributed by atoms with Crippen molar-refractivity contribution in [1.29, 1.82) is 5.26 Å². The zero-order valence-corrected chi connectivity index (χ0v) is 14.4. The zero-order valence-electron chi connectivity index (χ0n) is 11.4. The van der Waals surface area contributed by atoms with Crippen molar-refractivity contribution in [2.45, 2.75) is 10.8 Å². The highest BCUT2D eigenvalue weighted by molar-refractivity contribution is 14.1. The Morgan fingerprint density at radius 3 is 2.76 bits per heavy atom. The van der Waals surface area contributed by atoms with E-state index < -0.39 is 5.97 Å². The molecule has 0 aliphatic rings. The van der Waals surface area contributed by atoms with E-state index in [1.165, 1.54) is 7.11 Å². The van der Waals surface area contributed by atoms with Crippen LogP contribution in [0.5, 0.6) is 0 Å². The molecule has 1 heterocycles. The molecule has 0 fully saturated rings. The highest BCUT2D eigenvalue weighted by atomic mass is 127. The quantitative estimate of drug-likeness (QED) is 0.204. The summed E-state index contributed by atoms with van der Waals surface area (Å²) >= 11 is 6.55. The molecule has 0 amide bonds.